The Morgan fingerprint density at radius 2 is 1.60 bits per heavy atom. The Morgan fingerprint density at radius 3 is 2.37 bits per heavy atom. The number of nitrogens with zero attached hydrogens (tertiary/aromatic N) is 2. The van der Waals surface area contributed by atoms with Crippen LogP contribution in [-0.2, 0) is 0 Å². The zero-order chi connectivity index (χ0) is 19.8. The molecule has 0 spiro atoms. The zero-order valence-electron chi connectivity index (χ0n) is 15.6. The Hall–Kier alpha value is -3.90. The van der Waals surface area contributed by atoms with Gasteiger partial charge in [-0.05, 0) is 18.2 Å². The van der Waals surface area contributed by atoms with Crippen molar-refractivity contribution in [2.24, 2.45) is 0 Å². The normalized spacial score (nSPS) is 10.7. The number of aromatic nitrogens is 2. The Kier molecular flexibility index (Phi) is 5.08. The molecule has 0 aliphatic heterocycles. The first-order valence-corrected chi connectivity index (χ1v) is 9.08. The van der Waals surface area contributed by atoms with Crippen molar-refractivity contribution in [3.05, 3.63) is 95.0 Å². The Labute approximate surface area is 177 Å². The lowest BCUT2D eigenvalue weighted by molar-refractivity contribution is -0.384. The Bertz CT molecular complexity index is 1310. The zero-order valence-corrected chi connectivity index (χ0v) is 16.4. The molecule has 2 heterocycles. The van der Waals surface area contributed by atoms with Gasteiger partial charge in [0.15, 0.2) is 0 Å². The molecule has 0 aliphatic rings. The minimum absolute atomic E-state index is 0. The topological polar surface area (TPSA) is 85.0 Å². The molecule has 6 nitrogen and oxygen atoms in total. The molecule has 148 valence electrons. The van der Waals surface area contributed by atoms with E-state index in [1.807, 2.05) is 60.7 Å². The summed E-state index contributed by atoms with van der Waals surface area (Å²) in [5.74, 6) is 1.89. The number of para-hydroxylation sites is 2. The third kappa shape index (κ3) is 3.44. The number of H-pyrrole nitrogens is 1. The van der Waals surface area contributed by atoms with Gasteiger partial charge in [0, 0.05) is 23.3 Å². The number of nitro groups is 1. The molecular formula is C23H16ClN3O3. The number of rotatable bonds is 4. The van der Waals surface area contributed by atoms with Crippen molar-refractivity contribution in [3.8, 4) is 34.0 Å². The molecule has 0 radical (unpaired) electrons. The Balaban J connectivity index is 0.00000218. The summed E-state index contributed by atoms with van der Waals surface area (Å²) >= 11 is 0. The van der Waals surface area contributed by atoms with Crippen molar-refractivity contribution in [3.63, 3.8) is 0 Å². The number of halogens is 1. The maximum absolute atomic E-state index is 11.2. The Morgan fingerprint density at radius 1 is 0.867 bits per heavy atom. The van der Waals surface area contributed by atoms with E-state index in [-0.39, 0.29) is 18.1 Å². The summed E-state index contributed by atoms with van der Waals surface area (Å²) in [4.78, 5) is 18.8. The molecule has 0 amide bonds. The van der Waals surface area contributed by atoms with Crippen LogP contribution in [0.1, 0.15) is 0 Å². The highest BCUT2D eigenvalue weighted by molar-refractivity contribution is 5.86. The third-order valence-electron chi connectivity index (χ3n) is 4.75. The van der Waals surface area contributed by atoms with Crippen LogP contribution in [-0.4, -0.2) is 14.9 Å². The molecule has 1 N–H and O–H groups in total. The first-order valence-electron chi connectivity index (χ1n) is 9.08. The highest BCUT2D eigenvalue weighted by Crippen LogP contribution is 2.38. The van der Waals surface area contributed by atoms with Gasteiger partial charge >= 0.3 is 0 Å². The standard InChI is InChI=1S/C23H15N3O3.ClH/c27-26(28)17-10-6-9-16(13-17)21-14-18(22(29-21)15-7-2-1-3-8-15)23-24-19-11-4-5-12-20(19)25-23;/h1-14H,(H,24,25);1H. The number of nitro benzene ring substituents is 1. The second-order valence-electron chi connectivity index (χ2n) is 6.63. The van der Waals surface area contributed by atoms with Gasteiger partial charge < -0.3 is 9.40 Å². The van der Waals surface area contributed by atoms with Crippen molar-refractivity contribution < 1.29 is 9.34 Å². The second kappa shape index (κ2) is 7.85. The highest BCUT2D eigenvalue weighted by Gasteiger charge is 2.19. The van der Waals surface area contributed by atoms with E-state index in [9.17, 15) is 10.1 Å². The molecule has 5 rings (SSSR count). The fourth-order valence-corrected chi connectivity index (χ4v) is 3.37. The number of fused-ring (bicyclic) bond motifs is 1. The van der Waals surface area contributed by atoms with Crippen LogP contribution in [0.25, 0.3) is 45.1 Å². The van der Waals surface area contributed by atoms with E-state index >= 15 is 0 Å². The van der Waals surface area contributed by atoms with E-state index < -0.39 is 4.92 Å². The quantitative estimate of drug-likeness (QED) is 0.267. The van der Waals surface area contributed by atoms with Crippen LogP contribution in [0.15, 0.2) is 89.3 Å². The largest absolute Gasteiger partial charge is 0.455 e. The minimum atomic E-state index is -0.412. The summed E-state index contributed by atoms with van der Waals surface area (Å²) in [5.41, 5.74) is 4.15. The number of non-ortho nitro benzene ring substituents is 1. The summed E-state index contributed by atoms with van der Waals surface area (Å²) < 4.78 is 6.19. The number of furan rings is 1. The monoisotopic (exact) mass is 417 g/mol. The lowest BCUT2D eigenvalue weighted by Crippen LogP contribution is -1.87. The molecule has 0 unspecified atom stereocenters. The summed E-state index contributed by atoms with van der Waals surface area (Å²) in [6.07, 6.45) is 0. The van der Waals surface area contributed by atoms with Crippen molar-refractivity contribution >= 4 is 29.1 Å². The number of hydrogen-bond acceptors (Lipinski definition) is 4. The summed E-state index contributed by atoms with van der Waals surface area (Å²) in [5, 5.41) is 11.2. The van der Waals surface area contributed by atoms with Crippen LogP contribution in [0, 0.1) is 10.1 Å². The van der Waals surface area contributed by atoms with E-state index in [2.05, 4.69) is 4.98 Å². The van der Waals surface area contributed by atoms with Crippen molar-refractivity contribution in [2.75, 3.05) is 0 Å². The summed E-state index contributed by atoms with van der Waals surface area (Å²) in [6, 6.07) is 25.8. The summed E-state index contributed by atoms with van der Waals surface area (Å²) in [6.45, 7) is 0. The van der Waals surface area contributed by atoms with Gasteiger partial charge in [-0.15, -0.1) is 12.4 Å². The number of aromatic amines is 1. The molecule has 0 saturated carbocycles. The number of hydrogen-bond donors (Lipinski definition) is 1. The van der Waals surface area contributed by atoms with E-state index in [0.717, 1.165) is 22.2 Å². The van der Waals surface area contributed by atoms with Gasteiger partial charge in [0.05, 0.1) is 21.5 Å². The molecule has 0 saturated heterocycles. The van der Waals surface area contributed by atoms with E-state index in [0.29, 0.717) is 22.9 Å². The first kappa shape index (κ1) is 19.4. The molecule has 2 aromatic heterocycles. The lowest BCUT2D eigenvalue weighted by atomic mass is 10.1. The number of imidazole rings is 1. The molecule has 30 heavy (non-hydrogen) atoms. The van der Waals surface area contributed by atoms with E-state index in [4.69, 9.17) is 9.40 Å². The molecule has 0 fully saturated rings. The highest BCUT2D eigenvalue weighted by atomic mass is 35.5. The maximum atomic E-state index is 11.2. The van der Waals surface area contributed by atoms with Crippen molar-refractivity contribution in [1.82, 2.24) is 9.97 Å². The SMILES string of the molecule is Cl.O=[N+]([O-])c1cccc(-c2cc(-c3nc4ccccc4[nH]3)c(-c3ccccc3)o2)c1. The van der Waals surface area contributed by atoms with Gasteiger partial charge in [0.25, 0.3) is 5.69 Å². The van der Waals surface area contributed by atoms with Gasteiger partial charge in [-0.3, -0.25) is 10.1 Å². The number of benzene rings is 3. The van der Waals surface area contributed by atoms with Crippen LogP contribution in [0.3, 0.4) is 0 Å². The van der Waals surface area contributed by atoms with Crippen molar-refractivity contribution in [2.45, 2.75) is 0 Å². The fraction of sp³-hybridized carbons (Fsp3) is 0. The summed E-state index contributed by atoms with van der Waals surface area (Å²) in [7, 11) is 0. The first-order chi connectivity index (χ1) is 14.2. The van der Waals surface area contributed by atoms with Crippen LogP contribution in [0.4, 0.5) is 5.69 Å². The molecule has 7 heteroatoms. The smallest absolute Gasteiger partial charge is 0.270 e. The minimum Gasteiger partial charge on any atom is -0.455 e. The van der Waals surface area contributed by atoms with Gasteiger partial charge in [-0.1, -0.05) is 54.6 Å². The van der Waals surface area contributed by atoms with E-state index in [1.54, 1.807) is 12.1 Å². The van der Waals surface area contributed by atoms with Crippen LogP contribution < -0.4 is 0 Å². The average molecular weight is 418 g/mol. The van der Waals surface area contributed by atoms with Gasteiger partial charge in [-0.2, -0.15) is 0 Å². The average Bonchev–Trinajstić information content (AvgIpc) is 3.39. The van der Waals surface area contributed by atoms with Crippen molar-refractivity contribution in [1.29, 1.82) is 0 Å². The van der Waals surface area contributed by atoms with Crippen LogP contribution in [0.5, 0.6) is 0 Å². The van der Waals surface area contributed by atoms with Gasteiger partial charge in [0.2, 0.25) is 0 Å². The van der Waals surface area contributed by atoms with Crippen LogP contribution >= 0.6 is 12.4 Å². The fourth-order valence-electron chi connectivity index (χ4n) is 3.37. The molecule has 0 aliphatic carbocycles. The maximum Gasteiger partial charge on any atom is 0.270 e. The van der Waals surface area contributed by atoms with Crippen LogP contribution in [0.2, 0.25) is 0 Å². The molecule has 3 aromatic carbocycles. The molecule has 0 atom stereocenters. The third-order valence-corrected chi connectivity index (χ3v) is 4.75. The second-order valence-corrected chi connectivity index (χ2v) is 6.63. The van der Waals surface area contributed by atoms with Gasteiger partial charge in [0.1, 0.15) is 17.3 Å². The molecular weight excluding hydrogens is 402 g/mol. The van der Waals surface area contributed by atoms with E-state index in [1.165, 1.54) is 12.1 Å². The number of nitrogens with one attached hydrogen (secondary N) is 1. The predicted molar refractivity (Wildman–Crippen MR) is 119 cm³/mol. The van der Waals surface area contributed by atoms with Gasteiger partial charge in [-0.25, -0.2) is 4.98 Å². The lowest BCUT2D eigenvalue weighted by Gasteiger charge is -2.00. The molecule has 5 aromatic rings. The predicted octanol–water partition coefficient (Wildman–Crippen LogP) is 6.49. The molecule has 0 bridgehead atoms.